The molecule has 0 radical (unpaired) electrons. The molecule has 0 fully saturated rings. The Morgan fingerprint density at radius 2 is 2.43 bits per heavy atom. The molecule has 0 saturated heterocycles. The van der Waals surface area contributed by atoms with Crippen molar-refractivity contribution in [3.05, 3.63) is 17.1 Å². The lowest BCUT2D eigenvalue weighted by Crippen LogP contribution is -2.33. The molecule has 3 rings (SSSR count). The SMILES string of the molecule is CC1(C)OCCn2nc3ccsc3c21. The van der Waals surface area contributed by atoms with Gasteiger partial charge in [-0.05, 0) is 25.3 Å². The Morgan fingerprint density at radius 3 is 3.29 bits per heavy atom. The van der Waals surface area contributed by atoms with Gasteiger partial charge in [0.25, 0.3) is 0 Å². The topological polar surface area (TPSA) is 27.1 Å². The van der Waals surface area contributed by atoms with Gasteiger partial charge >= 0.3 is 0 Å². The minimum absolute atomic E-state index is 0.197. The maximum Gasteiger partial charge on any atom is 0.106 e. The molecule has 3 heterocycles. The van der Waals surface area contributed by atoms with E-state index in [9.17, 15) is 0 Å². The zero-order valence-electron chi connectivity index (χ0n) is 8.28. The maximum absolute atomic E-state index is 5.77. The molecule has 0 spiro atoms. The van der Waals surface area contributed by atoms with E-state index in [0.717, 1.165) is 18.7 Å². The third-order valence-corrected chi connectivity index (χ3v) is 3.59. The van der Waals surface area contributed by atoms with Crippen molar-refractivity contribution < 1.29 is 4.74 Å². The van der Waals surface area contributed by atoms with Gasteiger partial charge in [-0.15, -0.1) is 11.3 Å². The predicted octanol–water partition coefficient (Wildman–Crippen LogP) is 2.36. The van der Waals surface area contributed by atoms with Crippen molar-refractivity contribution in [1.82, 2.24) is 9.78 Å². The summed E-state index contributed by atoms with van der Waals surface area (Å²) in [6.07, 6.45) is 0. The molecule has 0 amide bonds. The van der Waals surface area contributed by atoms with E-state index in [1.807, 2.05) is 0 Å². The summed E-state index contributed by atoms with van der Waals surface area (Å²) in [7, 11) is 0. The highest BCUT2D eigenvalue weighted by molar-refractivity contribution is 7.17. The van der Waals surface area contributed by atoms with Gasteiger partial charge in [0, 0.05) is 0 Å². The summed E-state index contributed by atoms with van der Waals surface area (Å²) in [6, 6.07) is 2.07. The molecular weight excluding hydrogens is 196 g/mol. The number of hydrogen-bond donors (Lipinski definition) is 0. The monoisotopic (exact) mass is 208 g/mol. The van der Waals surface area contributed by atoms with Crippen LogP contribution in [0.25, 0.3) is 10.2 Å². The Labute approximate surface area is 86.3 Å². The van der Waals surface area contributed by atoms with Gasteiger partial charge in [-0.1, -0.05) is 0 Å². The fourth-order valence-electron chi connectivity index (χ4n) is 2.06. The fourth-order valence-corrected chi connectivity index (χ4v) is 3.08. The largest absolute Gasteiger partial charge is 0.367 e. The van der Waals surface area contributed by atoms with Crippen LogP contribution < -0.4 is 0 Å². The van der Waals surface area contributed by atoms with Crippen molar-refractivity contribution >= 4 is 21.6 Å². The van der Waals surface area contributed by atoms with Crippen molar-refractivity contribution in [2.45, 2.75) is 26.0 Å². The van der Waals surface area contributed by atoms with Gasteiger partial charge in [0.15, 0.2) is 0 Å². The molecule has 0 unspecified atom stereocenters. The first-order valence-electron chi connectivity index (χ1n) is 4.77. The summed E-state index contributed by atoms with van der Waals surface area (Å²) in [5, 5.41) is 6.64. The van der Waals surface area contributed by atoms with Crippen LogP contribution in [0.4, 0.5) is 0 Å². The Morgan fingerprint density at radius 1 is 1.57 bits per heavy atom. The first-order valence-corrected chi connectivity index (χ1v) is 5.65. The maximum atomic E-state index is 5.77. The molecule has 2 aromatic rings. The van der Waals surface area contributed by atoms with Crippen LogP contribution in [-0.2, 0) is 16.9 Å². The zero-order valence-corrected chi connectivity index (χ0v) is 9.10. The molecule has 74 valence electrons. The molecule has 0 bridgehead atoms. The average Bonchev–Trinajstić information content (AvgIpc) is 2.60. The summed E-state index contributed by atoms with van der Waals surface area (Å²) in [4.78, 5) is 0. The highest BCUT2D eigenvalue weighted by atomic mass is 32.1. The van der Waals surface area contributed by atoms with Crippen molar-refractivity contribution in [3.63, 3.8) is 0 Å². The number of fused-ring (bicyclic) bond motifs is 3. The number of rotatable bonds is 0. The minimum atomic E-state index is -0.197. The van der Waals surface area contributed by atoms with Crippen molar-refractivity contribution in [2.75, 3.05) is 6.61 Å². The van der Waals surface area contributed by atoms with Crippen LogP contribution in [0.1, 0.15) is 19.5 Å². The molecule has 0 saturated carbocycles. The standard InChI is InChI=1S/C10H12N2OS/c1-10(2)9-8-7(3-6-14-8)11-12(9)4-5-13-10/h3,6H,4-5H2,1-2H3. The lowest BCUT2D eigenvalue weighted by molar-refractivity contribution is -0.0519. The van der Waals surface area contributed by atoms with E-state index >= 15 is 0 Å². The van der Waals surface area contributed by atoms with Crippen LogP contribution in [-0.4, -0.2) is 16.4 Å². The van der Waals surface area contributed by atoms with E-state index < -0.39 is 0 Å². The second-order valence-electron chi connectivity index (χ2n) is 4.07. The summed E-state index contributed by atoms with van der Waals surface area (Å²) in [5.74, 6) is 0. The Bertz CT molecular complexity index is 483. The highest BCUT2D eigenvalue weighted by Crippen LogP contribution is 2.36. The number of thiophene rings is 1. The van der Waals surface area contributed by atoms with Gasteiger partial charge in [-0.2, -0.15) is 5.10 Å². The second-order valence-corrected chi connectivity index (χ2v) is 4.98. The van der Waals surface area contributed by atoms with E-state index in [4.69, 9.17) is 4.74 Å². The summed E-state index contributed by atoms with van der Waals surface area (Å²) in [5.41, 5.74) is 2.13. The van der Waals surface area contributed by atoms with Crippen LogP contribution in [0.5, 0.6) is 0 Å². The van der Waals surface area contributed by atoms with Crippen molar-refractivity contribution in [3.8, 4) is 0 Å². The minimum Gasteiger partial charge on any atom is -0.367 e. The van der Waals surface area contributed by atoms with Crippen molar-refractivity contribution in [2.24, 2.45) is 0 Å². The quantitative estimate of drug-likeness (QED) is 0.664. The molecule has 1 aliphatic rings. The van der Waals surface area contributed by atoms with Crippen LogP contribution in [0.2, 0.25) is 0 Å². The Balaban J connectivity index is 2.36. The van der Waals surface area contributed by atoms with E-state index in [0.29, 0.717) is 0 Å². The van der Waals surface area contributed by atoms with E-state index in [-0.39, 0.29) is 5.60 Å². The first-order chi connectivity index (χ1) is 6.68. The zero-order chi connectivity index (χ0) is 9.76. The normalized spacial score (nSPS) is 19.9. The molecule has 0 N–H and O–H groups in total. The van der Waals surface area contributed by atoms with Crippen LogP contribution >= 0.6 is 11.3 Å². The third-order valence-electron chi connectivity index (χ3n) is 2.68. The number of aromatic nitrogens is 2. The number of ether oxygens (including phenoxy) is 1. The molecular formula is C10H12N2OS. The van der Waals surface area contributed by atoms with Gasteiger partial charge in [0.1, 0.15) is 11.1 Å². The molecule has 0 atom stereocenters. The van der Waals surface area contributed by atoms with Crippen molar-refractivity contribution in [1.29, 1.82) is 0 Å². The highest BCUT2D eigenvalue weighted by Gasteiger charge is 2.32. The number of hydrogen-bond acceptors (Lipinski definition) is 3. The molecule has 14 heavy (non-hydrogen) atoms. The van der Waals surface area contributed by atoms with Gasteiger partial charge in [0.2, 0.25) is 0 Å². The molecule has 2 aromatic heterocycles. The third kappa shape index (κ3) is 0.980. The smallest absolute Gasteiger partial charge is 0.106 e. The molecule has 4 heteroatoms. The lowest BCUT2D eigenvalue weighted by atomic mass is 10.0. The molecule has 0 aliphatic carbocycles. The van der Waals surface area contributed by atoms with E-state index in [1.165, 1.54) is 10.4 Å². The van der Waals surface area contributed by atoms with Crippen LogP contribution in [0, 0.1) is 0 Å². The van der Waals surface area contributed by atoms with E-state index in [1.54, 1.807) is 11.3 Å². The Kier molecular flexibility index (Phi) is 1.56. The average molecular weight is 208 g/mol. The van der Waals surface area contributed by atoms with Gasteiger partial charge in [-0.3, -0.25) is 4.68 Å². The summed E-state index contributed by atoms with van der Waals surface area (Å²) in [6.45, 7) is 5.85. The van der Waals surface area contributed by atoms with Gasteiger partial charge in [0.05, 0.1) is 23.5 Å². The molecule has 3 nitrogen and oxygen atoms in total. The Hall–Kier alpha value is -0.870. The summed E-state index contributed by atoms with van der Waals surface area (Å²) < 4.78 is 9.13. The predicted molar refractivity (Wildman–Crippen MR) is 56.6 cm³/mol. The number of nitrogens with zero attached hydrogens (tertiary/aromatic N) is 2. The molecule has 1 aliphatic heterocycles. The van der Waals surface area contributed by atoms with E-state index in [2.05, 4.69) is 35.1 Å². The lowest BCUT2D eigenvalue weighted by Gasteiger charge is -2.30. The van der Waals surface area contributed by atoms with Gasteiger partial charge in [-0.25, -0.2) is 0 Å². The van der Waals surface area contributed by atoms with Gasteiger partial charge < -0.3 is 4.74 Å². The molecule has 0 aromatic carbocycles. The van der Waals surface area contributed by atoms with Crippen LogP contribution in [0.3, 0.4) is 0 Å². The summed E-state index contributed by atoms with van der Waals surface area (Å²) >= 11 is 1.75. The second kappa shape index (κ2) is 2.58. The van der Waals surface area contributed by atoms with Crippen LogP contribution in [0.15, 0.2) is 11.4 Å². The fraction of sp³-hybridized carbons (Fsp3) is 0.500. The first kappa shape index (κ1) is 8.44.